The molecule has 2 atom stereocenters. The maximum Gasteiger partial charge on any atom is 0.226 e. The number of hydrogen-bond acceptors (Lipinski definition) is 2. The lowest BCUT2D eigenvalue weighted by atomic mass is 9.93. The van der Waals surface area contributed by atoms with Crippen LogP contribution in [0.5, 0.6) is 0 Å². The summed E-state index contributed by atoms with van der Waals surface area (Å²) in [6, 6.07) is 0.526. The summed E-state index contributed by atoms with van der Waals surface area (Å²) in [5, 5.41) is 3.47. The normalized spacial score (nSPS) is 28.3. The molecule has 0 aromatic rings. The van der Waals surface area contributed by atoms with Crippen LogP contribution in [-0.4, -0.2) is 36.5 Å². The van der Waals surface area contributed by atoms with E-state index in [-0.39, 0.29) is 5.92 Å². The van der Waals surface area contributed by atoms with Gasteiger partial charge in [-0.3, -0.25) is 4.79 Å². The molecule has 1 heterocycles. The number of hydrogen-bond donors (Lipinski definition) is 1. The Balaban J connectivity index is 1.87. The minimum atomic E-state index is 0.237. The lowest BCUT2D eigenvalue weighted by Gasteiger charge is -2.29. The van der Waals surface area contributed by atoms with Crippen molar-refractivity contribution in [1.29, 1.82) is 0 Å². The van der Waals surface area contributed by atoms with Crippen LogP contribution in [0.1, 0.15) is 39.0 Å². The Kier molecular flexibility index (Phi) is 4.60. The third kappa shape index (κ3) is 3.32. The first kappa shape index (κ1) is 12.6. The molecular weight excluding hydrogens is 212 g/mol. The summed E-state index contributed by atoms with van der Waals surface area (Å²) in [4.78, 5) is 14.4. The van der Waals surface area contributed by atoms with Gasteiger partial charge in [-0.1, -0.05) is 12.2 Å². The fourth-order valence-corrected chi connectivity index (χ4v) is 2.83. The molecule has 0 spiro atoms. The molecule has 0 aromatic carbocycles. The average Bonchev–Trinajstić information content (AvgIpc) is 2.89. The first-order valence-corrected chi connectivity index (χ1v) is 6.98. The summed E-state index contributed by atoms with van der Waals surface area (Å²) in [7, 11) is 0. The molecule has 2 rings (SSSR count). The van der Waals surface area contributed by atoms with Gasteiger partial charge < -0.3 is 10.2 Å². The fourth-order valence-electron chi connectivity index (χ4n) is 2.83. The van der Waals surface area contributed by atoms with Crippen LogP contribution in [0, 0.1) is 5.92 Å². The van der Waals surface area contributed by atoms with E-state index in [2.05, 4.69) is 24.4 Å². The summed E-state index contributed by atoms with van der Waals surface area (Å²) in [6.45, 7) is 4.95. The number of allylic oxidation sites excluding steroid dienone is 2. The summed E-state index contributed by atoms with van der Waals surface area (Å²) in [5.41, 5.74) is 0. The zero-order chi connectivity index (χ0) is 12.1. The average molecular weight is 236 g/mol. The largest absolute Gasteiger partial charge is 0.341 e. The van der Waals surface area contributed by atoms with Crippen LogP contribution in [0.15, 0.2) is 12.2 Å². The molecule has 2 aliphatic rings. The number of carbonyl (C=O) groups is 1. The topological polar surface area (TPSA) is 32.3 Å². The number of nitrogens with one attached hydrogen (secondary N) is 1. The summed E-state index contributed by atoms with van der Waals surface area (Å²) in [6.07, 6.45) is 9.86. The number of nitrogens with zero attached hydrogens (tertiary/aromatic N) is 1. The van der Waals surface area contributed by atoms with E-state index in [0.717, 1.165) is 38.9 Å². The van der Waals surface area contributed by atoms with E-state index in [4.69, 9.17) is 0 Å². The van der Waals surface area contributed by atoms with Gasteiger partial charge in [-0.05, 0) is 45.6 Å². The number of likely N-dealkylation sites (N-methyl/N-ethyl adjacent to an activating group) is 1. The second-order valence-corrected chi connectivity index (χ2v) is 5.15. The highest BCUT2D eigenvalue weighted by atomic mass is 16.2. The molecule has 96 valence electrons. The Bertz CT molecular complexity index is 282. The van der Waals surface area contributed by atoms with E-state index in [0.29, 0.717) is 11.9 Å². The van der Waals surface area contributed by atoms with Gasteiger partial charge in [0.1, 0.15) is 0 Å². The van der Waals surface area contributed by atoms with Gasteiger partial charge in [-0.15, -0.1) is 0 Å². The molecule has 1 saturated heterocycles. The summed E-state index contributed by atoms with van der Waals surface area (Å²) in [5.74, 6) is 0.604. The second kappa shape index (κ2) is 6.20. The highest BCUT2D eigenvalue weighted by Gasteiger charge is 2.26. The van der Waals surface area contributed by atoms with Gasteiger partial charge >= 0.3 is 0 Å². The van der Waals surface area contributed by atoms with Crippen molar-refractivity contribution >= 4 is 5.91 Å². The van der Waals surface area contributed by atoms with Crippen LogP contribution in [0.25, 0.3) is 0 Å². The lowest BCUT2D eigenvalue weighted by Crippen LogP contribution is -2.43. The maximum absolute atomic E-state index is 12.4. The molecule has 0 radical (unpaired) electrons. The maximum atomic E-state index is 12.4. The Hall–Kier alpha value is -0.830. The molecule has 17 heavy (non-hydrogen) atoms. The third-order valence-corrected chi connectivity index (χ3v) is 3.91. The molecule has 1 aliphatic heterocycles. The predicted molar refractivity (Wildman–Crippen MR) is 69.8 cm³/mol. The molecular formula is C14H24N2O. The van der Waals surface area contributed by atoms with E-state index < -0.39 is 0 Å². The lowest BCUT2D eigenvalue weighted by molar-refractivity contribution is -0.135. The Morgan fingerprint density at radius 2 is 2.29 bits per heavy atom. The third-order valence-electron chi connectivity index (χ3n) is 3.91. The molecule has 0 aromatic heterocycles. The summed E-state index contributed by atoms with van der Waals surface area (Å²) >= 11 is 0. The first-order valence-electron chi connectivity index (χ1n) is 6.98. The zero-order valence-electron chi connectivity index (χ0n) is 10.8. The minimum Gasteiger partial charge on any atom is -0.341 e. The molecule has 3 heteroatoms. The van der Waals surface area contributed by atoms with Gasteiger partial charge in [0.25, 0.3) is 0 Å². The van der Waals surface area contributed by atoms with E-state index >= 15 is 0 Å². The van der Waals surface area contributed by atoms with Crippen LogP contribution in [0.4, 0.5) is 0 Å². The predicted octanol–water partition coefficient (Wildman–Crippen LogP) is 1.94. The van der Waals surface area contributed by atoms with E-state index in [1.54, 1.807) is 0 Å². The standard InChI is InChI=1S/C14H24N2O/c1-2-16(11-13-9-6-10-15-13)14(17)12-7-4-3-5-8-12/h3-4,12-13,15H,2,5-11H2,1H3. The number of amides is 1. The quantitative estimate of drug-likeness (QED) is 0.757. The van der Waals surface area contributed by atoms with E-state index in [9.17, 15) is 4.79 Å². The second-order valence-electron chi connectivity index (χ2n) is 5.15. The van der Waals surface area contributed by atoms with Crippen LogP contribution in [-0.2, 0) is 4.79 Å². The molecule has 1 aliphatic carbocycles. The van der Waals surface area contributed by atoms with Gasteiger partial charge in [0.05, 0.1) is 0 Å². The first-order chi connectivity index (χ1) is 8.31. The van der Waals surface area contributed by atoms with Crippen LogP contribution < -0.4 is 5.32 Å². The molecule has 0 bridgehead atoms. The molecule has 3 nitrogen and oxygen atoms in total. The smallest absolute Gasteiger partial charge is 0.226 e. The Morgan fingerprint density at radius 3 is 2.88 bits per heavy atom. The number of carbonyl (C=O) groups excluding carboxylic acids is 1. The van der Waals surface area contributed by atoms with Crippen molar-refractivity contribution in [2.45, 2.75) is 45.1 Å². The SMILES string of the molecule is CCN(CC1CCCN1)C(=O)C1CC=CCC1. The van der Waals surface area contributed by atoms with Crippen molar-refractivity contribution in [2.24, 2.45) is 5.92 Å². The molecule has 1 amide bonds. The fraction of sp³-hybridized carbons (Fsp3) is 0.786. The van der Waals surface area contributed by atoms with Crippen molar-refractivity contribution in [1.82, 2.24) is 10.2 Å². The van der Waals surface area contributed by atoms with Crippen LogP contribution >= 0.6 is 0 Å². The highest BCUT2D eigenvalue weighted by molar-refractivity contribution is 5.79. The van der Waals surface area contributed by atoms with Gasteiger partial charge in [0.15, 0.2) is 0 Å². The van der Waals surface area contributed by atoms with Crippen molar-refractivity contribution in [3.8, 4) is 0 Å². The van der Waals surface area contributed by atoms with Gasteiger partial charge in [0, 0.05) is 25.0 Å². The van der Waals surface area contributed by atoms with Gasteiger partial charge in [-0.25, -0.2) is 0 Å². The van der Waals surface area contributed by atoms with Crippen molar-refractivity contribution in [3.63, 3.8) is 0 Å². The molecule has 0 saturated carbocycles. The van der Waals surface area contributed by atoms with Gasteiger partial charge in [0.2, 0.25) is 5.91 Å². The van der Waals surface area contributed by atoms with Crippen molar-refractivity contribution in [2.75, 3.05) is 19.6 Å². The van der Waals surface area contributed by atoms with E-state index in [1.165, 1.54) is 12.8 Å². The van der Waals surface area contributed by atoms with Gasteiger partial charge in [-0.2, -0.15) is 0 Å². The van der Waals surface area contributed by atoms with Crippen molar-refractivity contribution in [3.05, 3.63) is 12.2 Å². The molecule has 1 fully saturated rings. The van der Waals surface area contributed by atoms with Crippen molar-refractivity contribution < 1.29 is 4.79 Å². The monoisotopic (exact) mass is 236 g/mol. The molecule has 2 unspecified atom stereocenters. The number of rotatable bonds is 4. The van der Waals surface area contributed by atoms with Crippen LogP contribution in [0.3, 0.4) is 0 Å². The highest BCUT2D eigenvalue weighted by Crippen LogP contribution is 2.21. The van der Waals surface area contributed by atoms with E-state index in [1.807, 2.05) is 4.90 Å². The van der Waals surface area contributed by atoms with Crippen LogP contribution in [0.2, 0.25) is 0 Å². The summed E-state index contributed by atoms with van der Waals surface area (Å²) < 4.78 is 0. The Morgan fingerprint density at radius 1 is 1.41 bits per heavy atom. The molecule has 1 N–H and O–H groups in total. The zero-order valence-corrected chi connectivity index (χ0v) is 10.8. The minimum absolute atomic E-state index is 0.237. The Labute approximate surface area is 104 Å².